The third-order valence-corrected chi connectivity index (χ3v) is 2.26. The van der Waals surface area contributed by atoms with Crippen LogP contribution in [0.2, 0.25) is 0 Å². The number of carbonyl (C=O) groups is 1. The Morgan fingerprint density at radius 1 is 1.53 bits per heavy atom. The van der Waals surface area contributed by atoms with Gasteiger partial charge in [0.25, 0.3) is 0 Å². The molecule has 0 N–H and O–H groups in total. The molecule has 0 bridgehead atoms. The standard InChI is InChI=1S/C9H8BrN3O2/c1-2-15-9(14)6-3-12-8-4-11-7(10)5-13(6)8/h3-5H,2H2,1H3. The lowest BCUT2D eigenvalue weighted by atomic mass is 10.5. The van der Waals surface area contributed by atoms with E-state index in [2.05, 4.69) is 25.9 Å². The molecule has 0 saturated carbocycles. The number of imidazole rings is 1. The fourth-order valence-corrected chi connectivity index (χ4v) is 1.53. The predicted octanol–water partition coefficient (Wildman–Crippen LogP) is 1.67. The first-order valence-electron chi connectivity index (χ1n) is 4.38. The smallest absolute Gasteiger partial charge is 0.356 e. The van der Waals surface area contributed by atoms with E-state index in [0.717, 1.165) is 0 Å². The SMILES string of the molecule is CCOC(=O)c1cnc2cnc(Br)cn12. The minimum atomic E-state index is -0.386. The average Bonchev–Trinajstić information content (AvgIpc) is 2.60. The highest BCUT2D eigenvalue weighted by molar-refractivity contribution is 9.10. The van der Waals surface area contributed by atoms with Gasteiger partial charge in [0.05, 0.1) is 19.0 Å². The number of ether oxygens (including phenoxy) is 1. The maximum Gasteiger partial charge on any atom is 0.356 e. The second-order valence-electron chi connectivity index (χ2n) is 2.80. The molecule has 2 aromatic heterocycles. The summed E-state index contributed by atoms with van der Waals surface area (Å²) in [5.41, 5.74) is 1.01. The molecule has 2 heterocycles. The van der Waals surface area contributed by atoms with Crippen molar-refractivity contribution in [2.24, 2.45) is 0 Å². The fourth-order valence-electron chi connectivity index (χ4n) is 1.22. The lowest BCUT2D eigenvalue weighted by Crippen LogP contribution is -2.07. The zero-order valence-corrected chi connectivity index (χ0v) is 9.56. The zero-order chi connectivity index (χ0) is 10.8. The minimum Gasteiger partial charge on any atom is -0.461 e. The molecular weight excluding hydrogens is 262 g/mol. The first-order chi connectivity index (χ1) is 7.22. The van der Waals surface area contributed by atoms with Gasteiger partial charge in [0, 0.05) is 6.20 Å². The van der Waals surface area contributed by atoms with Crippen LogP contribution in [0.4, 0.5) is 0 Å². The number of esters is 1. The highest BCUT2D eigenvalue weighted by atomic mass is 79.9. The molecule has 0 aliphatic carbocycles. The van der Waals surface area contributed by atoms with Crippen molar-refractivity contribution >= 4 is 27.5 Å². The molecule has 5 nitrogen and oxygen atoms in total. The molecule has 0 radical (unpaired) electrons. The van der Waals surface area contributed by atoms with Crippen molar-refractivity contribution in [2.75, 3.05) is 6.61 Å². The van der Waals surface area contributed by atoms with Crippen molar-refractivity contribution in [2.45, 2.75) is 6.92 Å². The summed E-state index contributed by atoms with van der Waals surface area (Å²) in [6.45, 7) is 2.11. The Morgan fingerprint density at radius 2 is 2.33 bits per heavy atom. The summed E-state index contributed by atoms with van der Waals surface area (Å²) in [6, 6.07) is 0. The molecular formula is C9H8BrN3O2. The molecule has 6 heteroatoms. The van der Waals surface area contributed by atoms with Crippen molar-refractivity contribution < 1.29 is 9.53 Å². The Morgan fingerprint density at radius 3 is 3.07 bits per heavy atom. The van der Waals surface area contributed by atoms with Crippen molar-refractivity contribution in [1.82, 2.24) is 14.4 Å². The van der Waals surface area contributed by atoms with E-state index in [-0.39, 0.29) is 5.97 Å². The van der Waals surface area contributed by atoms with Crippen molar-refractivity contribution in [3.8, 4) is 0 Å². The average molecular weight is 270 g/mol. The van der Waals surface area contributed by atoms with Gasteiger partial charge in [-0.15, -0.1) is 0 Å². The molecule has 2 aromatic rings. The quantitative estimate of drug-likeness (QED) is 0.779. The third kappa shape index (κ3) is 1.85. The van der Waals surface area contributed by atoms with Crippen LogP contribution in [0.1, 0.15) is 17.4 Å². The first-order valence-corrected chi connectivity index (χ1v) is 5.17. The van der Waals surface area contributed by atoms with Crippen molar-refractivity contribution in [1.29, 1.82) is 0 Å². The van der Waals surface area contributed by atoms with Crippen LogP contribution < -0.4 is 0 Å². The van der Waals surface area contributed by atoms with Crippen LogP contribution in [-0.2, 0) is 4.74 Å². The molecule has 0 unspecified atom stereocenters. The fraction of sp³-hybridized carbons (Fsp3) is 0.222. The third-order valence-electron chi connectivity index (χ3n) is 1.85. The molecule has 0 atom stereocenters. The highest BCUT2D eigenvalue weighted by Crippen LogP contribution is 2.11. The Balaban J connectivity index is 2.52. The Kier molecular flexibility index (Phi) is 2.68. The van der Waals surface area contributed by atoms with Crippen molar-refractivity contribution in [3.05, 3.63) is 28.9 Å². The molecule has 78 valence electrons. The molecule has 0 spiro atoms. The number of halogens is 1. The van der Waals surface area contributed by atoms with E-state index in [9.17, 15) is 4.79 Å². The molecule has 0 aliphatic heterocycles. The van der Waals surface area contributed by atoms with E-state index < -0.39 is 0 Å². The van der Waals surface area contributed by atoms with E-state index in [1.165, 1.54) is 6.20 Å². The topological polar surface area (TPSA) is 56.5 Å². The minimum absolute atomic E-state index is 0.346. The van der Waals surface area contributed by atoms with Gasteiger partial charge in [-0.05, 0) is 22.9 Å². The van der Waals surface area contributed by atoms with Crippen LogP contribution in [-0.4, -0.2) is 26.9 Å². The van der Waals surface area contributed by atoms with Gasteiger partial charge in [0.1, 0.15) is 4.60 Å². The Labute approximate surface area is 94.2 Å². The van der Waals surface area contributed by atoms with E-state index >= 15 is 0 Å². The molecule has 0 aliphatic rings. The molecule has 0 aromatic carbocycles. The van der Waals surface area contributed by atoms with Gasteiger partial charge >= 0.3 is 5.97 Å². The zero-order valence-electron chi connectivity index (χ0n) is 7.98. The van der Waals surface area contributed by atoms with Gasteiger partial charge in [0.2, 0.25) is 0 Å². The molecule has 0 saturated heterocycles. The van der Waals surface area contributed by atoms with E-state index in [1.54, 1.807) is 23.7 Å². The number of aromatic nitrogens is 3. The van der Waals surface area contributed by atoms with Crippen LogP contribution in [0.25, 0.3) is 5.65 Å². The number of hydrogen-bond donors (Lipinski definition) is 0. The summed E-state index contributed by atoms with van der Waals surface area (Å²) >= 11 is 3.23. The summed E-state index contributed by atoms with van der Waals surface area (Å²) in [4.78, 5) is 19.6. The number of carbonyl (C=O) groups excluding carboxylic acids is 1. The van der Waals surface area contributed by atoms with Crippen LogP contribution in [0.15, 0.2) is 23.2 Å². The maximum atomic E-state index is 11.5. The lowest BCUT2D eigenvalue weighted by molar-refractivity contribution is 0.0518. The monoisotopic (exact) mass is 269 g/mol. The summed E-state index contributed by atoms with van der Waals surface area (Å²) in [5, 5.41) is 0. The molecule has 0 fully saturated rings. The predicted molar refractivity (Wildman–Crippen MR) is 56.6 cm³/mol. The summed E-state index contributed by atoms with van der Waals surface area (Å²) in [5.74, 6) is -0.386. The maximum absolute atomic E-state index is 11.5. The normalized spacial score (nSPS) is 10.5. The van der Waals surface area contributed by atoms with Gasteiger partial charge in [-0.2, -0.15) is 0 Å². The highest BCUT2D eigenvalue weighted by Gasteiger charge is 2.12. The van der Waals surface area contributed by atoms with Gasteiger partial charge in [-0.3, -0.25) is 4.40 Å². The molecule has 2 rings (SSSR count). The van der Waals surface area contributed by atoms with Gasteiger partial charge in [-0.25, -0.2) is 14.8 Å². The van der Waals surface area contributed by atoms with Gasteiger partial charge in [-0.1, -0.05) is 0 Å². The number of nitrogens with zero attached hydrogens (tertiary/aromatic N) is 3. The number of rotatable bonds is 2. The Bertz CT molecular complexity index is 509. The second kappa shape index (κ2) is 3.98. The number of hydrogen-bond acceptors (Lipinski definition) is 4. The van der Waals surface area contributed by atoms with Crippen LogP contribution in [0.5, 0.6) is 0 Å². The van der Waals surface area contributed by atoms with E-state index in [0.29, 0.717) is 22.6 Å². The summed E-state index contributed by atoms with van der Waals surface area (Å²) in [6.07, 6.45) is 4.73. The molecule has 0 amide bonds. The summed E-state index contributed by atoms with van der Waals surface area (Å²) in [7, 11) is 0. The lowest BCUT2D eigenvalue weighted by Gasteiger charge is -2.01. The van der Waals surface area contributed by atoms with Crippen LogP contribution in [0, 0.1) is 0 Å². The van der Waals surface area contributed by atoms with Crippen LogP contribution >= 0.6 is 15.9 Å². The van der Waals surface area contributed by atoms with E-state index in [1.807, 2.05) is 0 Å². The molecule has 15 heavy (non-hydrogen) atoms. The number of fused-ring (bicyclic) bond motifs is 1. The van der Waals surface area contributed by atoms with Crippen LogP contribution in [0.3, 0.4) is 0 Å². The van der Waals surface area contributed by atoms with E-state index in [4.69, 9.17) is 4.74 Å². The Hall–Kier alpha value is -1.43. The largest absolute Gasteiger partial charge is 0.461 e. The second-order valence-corrected chi connectivity index (χ2v) is 3.61. The summed E-state index contributed by atoms with van der Waals surface area (Å²) < 4.78 is 7.17. The van der Waals surface area contributed by atoms with Gasteiger partial charge < -0.3 is 4.74 Å². The first kappa shape index (κ1) is 10.1. The van der Waals surface area contributed by atoms with Crippen molar-refractivity contribution in [3.63, 3.8) is 0 Å². The van der Waals surface area contributed by atoms with Gasteiger partial charge in [0.15, 0.2) is 11.3 Å².